The van der Waals surface area contributed by atoms with E-state index in [1.165, 1.54) is 37.7 Å². The van der Waals surface area contributed by atoms with E-state index in [9.17, 15) is 0 Å². The van der Waals surface area contributed by atoms with Crippen molar-refractivity contribution >= 4 is 0 Å². The third kappa shape index (κ3) is 2.71. The summed E-state index contributed by atoms with van der Waals surface area (Å²) in [4.78, 5) is 0. The quantitative estimate of drug-likeness (QED) is 0.803. The summed E-state index contributed by atoms with van der Waals surface area (Å²) in [6.45, 7) is 6.79. The molecular weight excluding hydrogens is 246 g/mol. The molecule has 1 aromatic rings. The summed E-state index contributed by atoms with van der Waals surface area (Å²) >= 11 is 0. The maximum Gasteiger partial charge on any atom is 0.125 e. The number of rotatable bonds is 2. The van der Waals surface area contributed by atoms with Gasteiger partial charge in [0.2, 0.25) is 0 Å². The highest BCUT2D eigenvalue weighted by Gasteiger charge is 2.41. The average Bonchev–Trinajstić information content (AvgIpc) is 2.54. The van der Waals surface area contributed by atoms with Gasteiger partial charge in [-0.25, -0.2) is 0 Å². The Morgan fingerprint density at radius 3 is 2.75 bits per heavy atom. The molecule has 2 heteroatoms. The molecule has 1 heterocycles. The van der Waals surface area contributed by atoms with Crippen molar-refractivity contribution in [3.8, 4) is 5.75 Å². The summed E-state index contributed by atoms with van der Waals surface area (Å²) < 4.78 is 6.14. The van der Waals surface area contributed by atoms with Crippen LogP contribution in [-0.2, 0) is 0 Å². The maximum absolute atomic E-state index is 6.14. The first kappa shape index (κ1) is 13.9. The van der Waals surface area contributed by atoms with E-state index in [2.05, 4.69) is 50.4 Å². The predicted molar refractivity (Wildman–Crippen MR) is 83.1 cm³/mol. The molecule has 3 rings (SSSR count). The standard InChI is InChI=1S/C18H27NO/c1-13-7-6-8-14(12-11-13)19-17-15-9-4-5-10-16(15)20-18(17,2)3/h4-5,9-10,13-14,17,19H,6-8,11-12H2,1-3H3. The second-order valence-corrected chi connectivity index (χ2v) is 7.15. The van der Waals surface area contributed by atoms with Gasteiger partial charge in [-0.2, -0.15) is 0 Å². The Hall–Kier alpha value is -1.02. The van der Waals surface area contributed by atoms with Crippen molar-refractivity contribution in [3.63, 3.8) is 0 Å². The number of benzene rings is 1. The van der Waals surface area contributed by atoms with Gasteiger partial charge in [0, 0.05) is 11.6 Å². The van der Waals surface area contributed by atoms with E-state index >= 15 is 0 Å². The number of nitrogens with one attached hydrogen (secondary N) is 1. The molecule has 1 aliphatic carbocycles. The van der Waals surface area contributed by atoms with E-state index in [1.807, 2.05) is 0 Å². The zero-order valence-electron chi connectivity index (χ0n) is 13.0. The van der Waals surface area contributed by atoms with Gasteiger partial charge in [0.25, 0.3) is 0 Å². The van der Waals surface area contributed by atoms with Gasteiger partial charge in [0.15, 0.2) is 0 Å². The van der Waals surface area contributed by atoms with Crippen LogP contribution in [-0.4, -0.2) is 11.6 Å². The SMILES string of the molecule is CC1CCCC(NC2c3ccccc3OC2(C)C)CC1. The van der Waals surface area contributed by atoms with Gasteiger partial charge in [-0.05, 0) is 45.1 Å². The third-order valence-electron chi connectivity index (χ3n) is 4.96. The van der Waals surface area contributed by atoms with Crippen molar-refractivity contribution in [2.24, 2.45) is 5.92 Å². The average molecular weight is 273 g/mol. The second kappa shape index (κ2) is 5.40. The first-order valence-electron chi connectivity index (χ1n) is 8.10. The van der Waals surface area contributed by atoms with Crippen LogP contribution in [0.25, 0.3) is 0 Å². The van der Waals surface area contributed by atoms with E-state index in [4.69, 9.17) is 4.74 Å². The molecule has 0 bridgehead atoms. The highest BCUT2D eigenvalue weighted by molar-refractivity contribution is 5.42. The van der Waals surface area contributed by atoms with Crippen LogP contribution in [0.1, 0.15) is 64.5 Å². The Balaban J connectivity index is 1.75. The molecule has 0 radical (unpaired) electrons. The number of ether oxygens (including phenoxy) is 1. The lowest BCUT2D eigenvalue weighted by atomic mass is 9.92. The summed E-state index contributed by atoms with van der Waals surface area (Å²) in [6, 6.07) is 9.43. The molecule has 0 aromatic heterocycles. The first-order chi connectivity index (χ1) is 9.56. The normalized spacial score (nSPS) is 32.2. The summed E-state index contributed by atoms with van der Waals surface area (Å²) in [7, 11) is 0. The highest BCUT2D eigenvalue weighted by Crippen LogP contribution is 2.43. The summed E-state index contributed by atoms with van der Waals surface area (Å²) in [6.07, 6.45) is 6.70. The lowest BCUT2D eigenvalue weighted by Crippen LogP contribution is -2.43. The maximum atomic E-state index is 6.14. The number of hydrogen-bond donors (Lipinski definition) is 1. The van der Waals surface area contributed by atoms with Crippen LogP contribution in [0.15, 0.2) is 24.3 Å². The smallest absolute Gasteiger partial charge is 0.125 e. The molecule has 110 valence electrons. The molecule has 1 aliphatic heterocycles. The summed E-state index contributed by atoms with van der Waals surface area (Å²) in [5.41, 5.74) is 1.18. The van der Waals surface area contributed by atoms with E-state index in [-0.39, 0.29) is 5.60 Å². The molecule has 1 fully saturated rings. The van der Waals surface area contributed by atoms with Gasteiger partial charge in [0.1, 0.15) is 11.4 Å². The zero-order chi connectivity index (χ0) is 14.2. The lowest BCUT2D eigenvalue weighted by Gasteiger charge is -2.31. The molecule has 0 amide bonds. The molecule has 3 unspecified atom stereocenters. The van der Waals surface area contributed by atoms with Crippen LogP contribution in [0.4, 0.5) is 0 Å². The largest absolute Gasteiger partial charge is 0.486 e. The first-order valence-corrected chi connectivity index (χ1v) is 8.10. The van der Waals surface area contributed by atoms with Gasteiger partial charge in [0.05, 0.1) is 6.04 Å². The van der Waals surface area contributed by atoms with E-state index in [1.54, 1.807) is 0 Å². The molecule has 3 atom stereocenters. The predicted octanol–water partition coefficient (Wildman–Crippen LogP) is 4.46. The molecule has 20 heavy (non-hydrogen) atoms. The van der Waals surface area contributed by atoms with E-state index in [0.29, 0.717) is 12.1 Å². The van der Waals surface area contributed by atoms with E-state index in [0.717, 1.165) is 11.7 Å². The Morgan fingerprint density at radius 1 is 1.10 bits per heavy atom. The lowest BCUT2D eigenvalue weighted by molar-refractivity contribution is 0.0896. The van der Waals surface area contributed by atoms with Crippen LogP contribution in [0.3, 0.4) is 0 Å². The van der Waals surface area contributed by atoms with Crippen LogP contribution in [0, 0.1) is 5.92 Å². The monoisotopic (exact) mass is 273 g/mol. The van der Waals surface area contributed by atoms with Gasteiger partial charge in [-0.15, -0.1) is 0 Å². The van der Waals surface area contributed by atoms with Gasteiger partial charge >= 0.3 is 0 Å². The van der Waals surface area contributed by atoms with E-state index < -0.39 is 0 Å². The Morgan fingerprint density at radius 2 is 1.90 bits per heavy atom. The van der Waals surface area contributed by atoms with Crippen molar-refractivity contribution in [2.45, 2.75) is 70.6 Å². The van der Waals surface area contributed by atoms with Crippen molar-refractivity contribution < 1.29 is 4.74 Å². The molecule has 2 nitrogen and oxygen atoms in total. The zero-order valence-corrected chi connectivity index (χ0v) is 13.0. The van der Waals surface area contributed by atoms with Crippen molar-refractivity contribution in [3.05, 3.63) is 29.8 Å². The highest BCUT2D eigenvalue weighted by atomic mass is 16.5. The Labute approximate surface area is 122 Å². The minimum absolute atomic E-state index is 0.151. The molecular formula is C18H27NO. The fraction of sp³-hybridized carbons (Fsp3) is 0.667. The molecule has 1 saturated carbocycles. The topological polar surface area (TPSA) is 21.3 Å². The van der Waals surface area contributed by atoms with Gasteiger partial charge < -0.3 is 10.1 Å². The van der Waals surface area contributed by atoms with Crippen molar-refractivity contribution in [1.29, 1.82) is 0 Å². The second-order valence-electron chi connectivity index (χ2n) is 7.15. The van der Waals surface area contributed by atoms with Crippen LogP contribution < -0.4 is 10.1 Å². The van der Waals surface area contributed by atoms with Gasteiger partial charge in [-0.3, -0.25) is 0 Å². The molecule has 1 N–H and O–H groups in total. The van der Waals surface area contributed by atoms with Crippen LogP contribution >= 0.6 is 0 Å². The van der Waals surface area contributed by atoms with Crippen molar-refractivity contribution in [2.75, 3.05) is 0 Å². The minimum atomic E-state index is -0.151. The summed E-state index contributed by atoms with van der Waals surface area (Å²) in [5.74, 6) is 1.94. The number of hydrogen-bond acceptors (Lipinski definition) is 2. The Bertz CT molecular complexity index is 468. The minimum Gasteiger partial charge on any atom is -0.486 e. The Kier molecular flexibility index (Phi) is 3.76. The molecule has 0 spiro atoms. The number of fused-ring (bicyclic) bond motifs is 1. The van der Waals surface area contributed by atoms with Gasteiger partial charge in [-0.1, -0.05) is 38.0 Å². The molecule has 0 saturated heterocycles. The molecule has 1 aromatic carbocycles. The van der Waals surface area contributed by atoms with Crippen molar-refractivity contribution in [1.82, 2.24) is 5.32 Å². The van der Waals surface area contributed by atoms with Crippen LogP contribution in [0.2, 0.25) is 0 Å². The summed E-state index contributed by atoms with van der Waals surface area (Å²) in [5, 5.41) is 3.90. The fourth-order valence-electron chi connectivity index (χ4n) is 3.71. The third-order valence-corrected chi connectivity index (χ3v) is 4.96. The fourth-order valence-corrected chi connectivity index (χ4v) is 3.71. The molecule has 2 aliphatic rings. The number of para-hydroxylation sites is 1. The van der Waals surface area contributed by atoms with Crippen LogP contribution in [0.5, 0.6) is 5.75 Å².